The standard InChI is InChI=1S/C15H22N2O5S/c1-5-7-17(23(4,19)20)8-6-16-15(18)12-9-13(21-2)11-14(10-12)22-3/h5,9-11H,1,6-8H2,2-4H3,(H,16,18). The number of carbonyl (C=O) groups is 1. The molecule has 1 amide bonds. The van der Waals surface area contributed by atoms with E-state index in [1.807, 2.05) is 0 Å². The maximum Gasteiger partial charge on any atom is 0.251 e. The van der Waals surface area contributed by atoms with Crippen LogP contribution in [0.5, 0.6) is 11.5 Å². The Balaban J connectivity index is 2.71. The second-order valence-electron chi connectivity index (χ2n) is 4.77. The number of benzene rings is 1. The third-order valence-electron chi connectivity index (χ3n) is 3.06. The molecule has 0 saturated carbocycles. The number of rotatable bonds is 9. The first-order chi connectivity index (χ1) is 10.8. The van der Waals surface area contributed by atoms with Crippen LogP contribution in [-0.4, -0.2) is 58.7 Å². The molecule has 0 bridgehead atoms. The molecule has 0 aliphatic carbocycles. The highest BCUT2D eigenvalue weighted by Crippen LogP contribution is 2.22. The summed E-state index contributed by atoms with van der Waals surface area (Å²) >= 11 is 0. The lowest BCUT2D eigenvalue weighted by Gasteiger charge is -2.18. The Morgan fingerprint density at radius 1 is 1.26 bits per heavy atom. The zero-order valence-corrected chi connectivity index (χ0v) is 14.4. The number of hydrogen-bond donors (Lipinski definition) is 1. The van der Waals surface area contributed by atoms with Gasteiger partial charge in [-0.2, -0.15) is 4.31 Å². The molecular weight excluding hydrogens is 320 g/mol. The van der Waals surface area contributed by atoms with Gasteiger partial charge in [0.1, 0.15) is 11.5 Å². The smallest absolute Gasteiger partial charge is 0.251 e. The van der Waals surface area contributed by atoms with Gasteiger partial charge in [0.25, 0.3) is 5.91 Å². The zero-order chi connectivity index (χ0) is 17.5. The Labute approximate surface area is 136 Å². The van der Waals surface area contributed by atoms with Crippen LogP contribution in [0.15, 0.2) is 30.9 Å². The molecule has 0 aliphatic rings. The summed E-state index contributed by atoms with van der Waals surface area (Å²) in [5.74, 6) is 0.659. The fourth-order valence-corrected chi connectivity index (χ4v) is 2.67. The summed E-state index contributed by atoms with van der Waals surface area (Å²) in [4.78, 5) is 12.2. The fraction of sp³-hybridized carbons (Fsp3) is 0.400. The number of methoxy groups -OCH3 is 2. The van der Waals surface area contributed by atoms with E-state index in [4.69, 9.17) is 9.47 Å². The fourth-order valence-electron chi connectivity index (χ4n) is 1.87. The second-order valence-corrected chi connectivity index (χ2v) is 6.75. The first-order valence-electron chi connectivity index (χ1n) is 6.89. The molecule has 1 rings (SSSR count). The van der Waals surface area contributed by atoms with Crippen molar-refractivity contribution in [3.63, 3.8) is 0 Å². The molecule has 0 aromatic heterocycles. The van der Waals surface area contributed by atoms with Gasteiger partial charge in [0.2, 0.25) is 10.0 Å². The Morgan fingerprint density at radius 3 is 2.26 bits per heavy atom. The van der Waals surface area contributed by atoms with Gasteiger partial charge < -0.3 is 14.8 Å². The normalized spacial score (nSPS) is 11.1. The molecule has 0 spiro atoms. The Hall–Kier alpha value is -2.06. The highest BCUT2D eigenvalue weighted by Gasteiger charge is 2.15. The van der Waals surface area contributed by atoms with Gasteiger partial charge in [0.05, 0.1) is 20.5 Å². The van der Waals surface area contributed by atoms with Crippen molar-refractivity contribution in [1.29, 1.82) is 0 Å². The summed E-state index contributed by atoms with van der Waals surface area (Å²) in [7, 11) is -0.349. The van der Waals surface area contributed by atoms with Crippen molar-refractivity contribution >= 4 is 15.9 Å². The van der Waals surface area contributed by atoms with E-state index >= 15 is 0 Å². The van der Waals surface area contributed by atoms with Crippen LogP contribution in [0, 0.1) is 0 Å². The van der Waals surface area contributed by atoms with Crippen molar-refractivity contribution in [2.45, 2.75) is 0 Å². The second kappa shape index (κ2) is 8.54. The summed E-state index contributed by atoms with van der Waals surface area (Å²) in [6.07, 6.45) is 2.61. The molecule has 128 valence electrons. The SMILES string of the molecule is C=CCN(CCNC(=O)c1cc(OC)cc(OC)c1)S(C)(=O)=O. The van der Waals surface area contributed by atoms with Crippen LogP contribution in [0.1, 0.15) is 10.4 Å². The molecule has 7 nitrogen and oxygen atoms in total. The molecule has 0 atom stereocenters. The van der Waals surface area contributed by atoms with Crippen LogP contribution in [0.2, 0.25) is 0 Å². The van der Waals surface area contributed by atoms with Gasteiger partial charge >= 0.3 is 0 Å². The van der Waals surface area contributed by atoms with Gasteiger partial charge in [-0.15, -0.1) is 6.58 Å². The third-order valence-corrected chi connectivity index (χ3v) is 4.33. The van der Waals surface area contributed by atoms with Crippen LogP contribution in [0.25, 0.3) is 0 Å². The molecule has 23 heavy (non-hydrogen) atoms. The van der Waals surface area contributed by atoms with E-state index in [0.29, 0.717) is 17.1 Å². The summed E-state index contributed by atoms with van der Waals surface area (Å²) in [6.45, 7) is 4.06. The highest BCUT2D eigenvalue weighted by atomic mass is 32.2. The van der Waals surface area contributed by atoms with Crippen LogP contribution < -0.4 is 14.8 Å². The van der Waals surface area contributed by atoms with Crippen LogP contribution in [0.4, 0.5) is 0 Å². The molecule has 8 heteroatoms. The summed E-state index contributed by atoms with van der Waals surface area (Å²) < 4.78 is 34.6. The molecule has 1 N–H and O–H groups in total. The molecule has 0 heterocycles. The van der Waals surface area contributed by atoms with Gasteiger partial charge in [-0.25, -0.2) is 8.42 Å². The molecule has 1 aromatic rings. The van der Waals surface area contributed by atoms with Gasteiger partial charge in [0, 0.05) is 31.3 Å². The van der Waals surface area contributed by atoms with E-state index in [-0.39, 0.29) is 25.5 Å². The van der Waals surface area contributed by atoms with Crippen molar-refractivity contribution in [2.24, 2.45) is 0 Å². The number of carbonyl (C=O) groups excluding carboxylic acids is 1. The van der Waals surface area contributed by atoms with E-state index in [1.165, 1.54) is 24.6 Å². The van der Waals surface area contributed by atoms with E-state index in [9.17, 15) is 13.2 Å². The van der Waals surface area contributed by atoms with Crippen LogP contribution in [-0.2, 0) is 10.0 Å². The lowest BCUT2D eigenvalue weighted by molar-refractivity contribution is 0.0951. The van der Waals surface area contributed by atoms with Crippen molar-refractivity contribution < 1.29 is 22.7 Å². The van der Waals surface area contributed by atoms with Crippen LogP contribution in [0.3, 0.4) is 0 Å². The number of ether oxygens (including phenoxy) is 2. The summed E-state index contributed by atoms with van der Waals surface area (Å²) in [5, 5.41) is 2.67. The molecule has 0 radical (unpaired) electrons. The van der Waals surface area contributed by atoms with Gasteiger partial charge in [-0.3, -0.25) is 4.79 Å². The minimum Gasteiger partial charge on any atom is -0.497 e. The van der Waals surface area contributed by atoms with Crippen molar-refractivity contribution in [3.05, 3.63) is 36.4 Å². The Morgan fingerprint density at radius 2 is 1.83 bits per heavy atom. The summed E-state index contributed by atoms with van der Waals surface area (Å²) in [6, 6.07) is 4.82. The van der Waals surface area contributed by atoms with Crippen molar-refractivity contribution in [3.8, 4) is 11.5 Å². The Kier molecular flexibility index (Phi) is 7.05. The predicted molar refractivity (Wildman–Crippen MR) is 88.5 cm³/mol. The summed E-state index contributed by atoms with van der Waals surface area (Å²) in [5.41, 5.74) is 0.371. The molecule has 0 saturated heterocycles. The topological polar surface area (TPSA) is 84.9 Å². The minimum absolute atomic E-state index is 0.164. The van der Waals surface area contributed by atoms with E-state index < -0.39 is 10.0 Å². The quantitative estimate of drug-likeness (QED) is 0.674. The van der Waals surface area contributed by atoms with Crippen molar-refractivity contribution in [2.75, 3.05) is 40.1 Å². The van der Waals surface area contributed by atoms with Crippen molar-refractivity contribution in [1.82, 2.24) is 9.62 Å². The van der Waals surface area contributed by atoms with E-state index in [0.717, 1.165) is 6.26 Å². The largest absolute Gasteiger partial charge is 0.497 e. The predicted octanol–water partition coefficient (Wildman–Crippen LogP) is 0.881. The monoisotopic (exact) mass is 342 g/mol. The average molecular weight is 342 g/mol. The van der Waals surface area contributed by atoms with Gasteiger partial charge in [-0.05, 0) is 12.1 Å². The first kappa shape index (κ1) is 19.0. The first-order valence-corrected chi connectivity index (χ1v) is 8.74. The highest BCUT2D eigenvalue weighted by molar-refractivity contribution is 7.88. The molecule has 1 aromatic carbocycles. The maximum absolute atomic E-state index is 12.2. The number of nitrogens with one attached hydrogen (secondary N) is 1. The molecule has 0 fully saturated rings. The lowest BCUT2D eigenvalue weighted by atomic mass is 10.2. The maximum atomic E-state index is 12.2. The zero-order valence-electron chi connectivity index (χ0n) is 13.5. The number of sulfonamides is 1. The third kappa shape index (κ3) is 5.91. The van der Waals surface area contributed by atoms with E-state index in [1.54, 1.807) is 18.2 Å². The van der Waals surface area contributed by atoms with Gasteiger partial charge in [-0.1, -0.05) is 6.08 Å². The van der Waals surface area contributed by atoms with E-state index in [2.05, 4.69) is 11.9 Å². The number of amides is 1. The lowest BCUT2D eigenvalue weighted by Crippen LogP contribution is -2.38. The Bertz CT molecular complexity index is 636. The molecule has 0 aliphatic heterocycles. The average Bonchev–Trinajstić information content (AvgIpc) is 2.52. The molecular formula is C15H22N2O5S. The number of hydrogen-bond acceptors (Lipinski definition) is 5. The number of nitrogens with zero attached hydrogens (tertiary/aromatic N) is 1. The van der Waals surface area contributed by atoms with Crippen LogP contribution >= 0.6 is 0 Å². The minimum atomic E-state index is -3.34. The molecule has 0 unspecified atom stereocenters. The van der Waals surface area contributed by atoms with Gasteiger partial charge in [0.15, 0.2) is 0 Å².